The third-order valence-electron chi connectivity index (χ3n) is 12.4. The number of nitrogen functional groups attached to an aromatic ring is 1. The van der Waals surface area contributed by atoms with Crippen molar-refractivity contribution < 1.29 is 40.7 Å². The SMILES string of the molecule is Cc1ccc(C(=O)Nc2cc(-n3cnc(CN(C)C)c3)cc(C(F)(F)F)c2)cc1C#Cc1cnc(NC(=O)C2CC2)s1.Cc1ccc(C(=O)Nc2ccc(CN3CCN(C)CC3)c(C(F)(F)F)c2)cc1C#Cc1cnc(N)s1. The first-order chi connectivity index (χ1) is 37.0. The lowest BCUT2D eigenvalue weighted by molar-refractivity contribution is -0.139. The highest BCUT2D eigenvalue weighted by Crippen LogP contribution is 2.36. The first-order valence-corrected chi connectivity index (χ1v) is 26.0. The van der Waals surface area contributed by atoms with Crippen molar-refractivity contribution in [3.05, 3.63) is 163 Å². The Labute approximate surface area is 454 Å². The zero-order valence-corrected chi connectivity index (χ0v) is 44.6. The zero-order chi connectivity index (χ0) is 55.9. The van der Waals surface area contributed by atoms with Gasteiger partial charge in [0.25, 0.3) is 11.8 Å². The summed E-state index contributed by atoms with van der Waals surface area (Å²) in [6.45, 7) is 7.49. The van der Waals surface area contributed by atoms with Crippen LogP contribution in [0, 0.1) is 43.4 Å². The van der Waals surface area contributed by atoms with E-state index in [2.05, 4.69) is 59.5 Å². The first-order valence-electron chi connectivity index (χ1n) is 24.4. The Morgan fingerprint density at radius 2 is 1.33 bits per heavy atom. The number of nitrogens with two attached hydrogens (primary N) is 1. The normalized spacial score (nSPS) is 13.8. The van der Waals surface area contributed by atoms with Crippen LogP contribution >= 0.6 is 22.7 Å². The van der Waals surface area contributed by atoms with E-state index < -0.39 is 35.3 Å². The van der Waals surface area contributed by atoms with E-state index in [-0.39, 0.29) is 46.6 Å². The molecule has 9 rings (SSSR count). The molecular weight excluding hydrogens is 1050 g/mol. The van der Waals surface area contributed by atoms with E-state index >= 15 is 0 Å². The second kappa shape index (κ2) is 24.2. The number of likely N-dealkylation sites (N-methyl/N-ethyl adjacent to an activating group) is 1. The number of thiazole rings is 2. The summed E-state index contributed by atoms with van der Waals surface area (Å²) in [6, 6.07) is 17.2. The predicted molar refractivity (Wildman–Crippen MR) is 290 cm³/mol. The standard InChI is InChI=1S/C30H27F3N6O2S.C26H26F3N5OS/c1-18-4-5-21(10-20(18)8-9-26-14-34-29(42-26)37-27(40)19-6-7-19)28(41)36-23-11-22(30(31,32)33)12-25(13-23)39-16-24(35-17-39)15-38(2)3;1-17-3-4-19(13-18(17)6-8-22-15-31-25(30)36-22)24(35)32-21-7-5-20(23(14-21)26(27,28)29)16-34-11-9-33(2)10-12-34/h4-5,10-14,16-17,19H,6-7,15H2,1-3H3,(H,36,41)(H,34,37,40);3-5,7,13-15H,9-12,16H2,1-2H3,(H2,30,31)(H,32,35). The van der Waals surface area contributed by atoms with Gasteiger partial charge < -0.3 is 36.1 Å². The Kier molecular flexibility index (Phi) is 17.5. The largest absolute Gasteiger partial charge is 0.416 e. The van der Waals surface area contributed by atoms with Crippen molar-refractivity contribution in [2.24, 2.45) is 5.92 Å². The molecule has 78 heavy (non-hydrogen) atoms. The second-order valence-electron chi connectivity index (χ2n) is 19.0. The molecule has 4 aromatic carbocycles. The summed E-state index contributed by atoms with van der Waals surface area (Å²) >= 11 is 2.51. The van der Waals surface area contributed by atoms with Gasteiger partial charge in [-0.1, -0.05) is 52.7 Å². The highest BCUT2D eigenvalue weighted by Gasteiger charge is 2.35. The molecule has 14 nitrogen and oxygen atoms in total. The van der Waals surface area contributed by atoms with Gasteiger partial charge in [0.15, 0.2) is 10.3 Å². The average molecular weight is 1110 g/mol. The van der Waals surface area contributed by atoms with Gasteiger partial charge in [-0.15, -0.1) is 0 Å². The fraction of sp³-hybridized carbons (Fsp3) is 0.286. The van der Waals surface area contributed by atoms with Crippen LogP contribution in [0.4, 0.5) is 48.0 Å². The number of aromatic nitrogens is 4. The fourth-order valence-electron chi connectivity index (χ4n) is 7.96. The van der Waals surface area contributed by atoms with Crippen molar-refractivity contribution in [1.29, 1.82) is 0 Å². The minimum Gasteiger partial charge on any atom is -0.375 e. The molecule has 0 spiro atoms. The van der Waals surface area contributed by atoms with E-state index in [0.717, 1.165) is 55.3 Å². The Morgan fingerprint density at radius 3 is 1.91 bits per heavy atom. The van der Waals surface area contributed by atoms with E-state index in [1.165, 1.54) is 51.8 Å². The average Bonchev–Trinajstić information content (AvgIpc) is 3.75. The van der Waals surface area contributed by atoms with Gasteiger partial charge in [-0.25, -0.2) is 15.0 Å². The van der Waals surface area contributed by atoms with Gasteiger partial charge in [-0.3, -0.25) is 19.3 Å². The van der Waals surface area contributed by atoms with Crippen LogP contribution in [0.1, 0.15) is 88.0 Å². The van der Waals surface area contributed by atoms with Crippen LogP contribution in [0.15, 0.2) is 97.7 Å². The van der Waals surface area contributed by atoms with E-state index in [0.29, 0.717) is 62.0 Å². The van der Waals surface area contributed by atoms with Crippen LogP contribution in [0.25, 0.3) is 5.69 Å². The lowest BCUT2D eigenvalue weighted by Gasteiger charge is -2.33. The molecule has 1 aliphatic carbocycles. The monoisotopic (exact) mass is 1110 g/mol. The third kappa shape index (κ3) is 15.4. The molecular formula is C56H53F6N11O3S2. The number of imidazole rings is 1. The number of carbonyl (C=O) groups is 3. The molecule has 0 radical (unpaired) electrons. The van der Waals surface area contributed by atoms with Crippen molar-refractivity contribution in [3.63, 3.8) is 0 Å². The first kappa shape index (κ1) is 56.3. The van der Waals surface area contributed by atoms with Crippen molar-refractivity contribution >= 4 is 62.0 Å². The summed E-state index contributed by atoms with van der Waals surface area (Å²) in [5.41, 5.74) is 8.60. The molecule has 1 saturated heterocycles. The number of carbonyl (C=O) groups excluding carboxylic acids is 3. The Bertz CT molecular complexity index is 3480. The molecule has 0 unspecified atom stereocenters. The van der Waals surface area contributed by atoms with Gasteiger partial charge in [-0.05, 0) is 131 Å². The number of hydrogen-bond acceptors (Lipinski definition) is 12. The summed E-state index contributed by atoms with van der Waals surface area (Å²) in [4.78, 5) is 57.8. The van der Waals surface area contributed by atoms with Crippen LogP contribution in [-0.4, -0.2) is 99.3 Å². The van der Waals surface area contributed by atoms with Gasteiger partial charge in [-0.2, -0.15) is 26.3 Å². The number of aryl methyl sites for hydroxylation is 2. The molecule has 1 aliphatic heterocycles. The molecule has 7 aromatic rings. The zero-order valence-electron chi connectivity index (χ0n) is 43.0. The molecule has 404 valence electrons. The molecule has 2 aliphatic rings. The number of piperazine rings is 1. The van der Waals surface area contributed by atoms with Crippen LogP contribution in [0.3, 0.4) is 0 Å². The van der Waals surface area contributed by atoms with Crippen LogP contribution in [0.5, 0.6) is 0 Å². The Morgan fingerprint density at radius 1 is 0.718 bits per heavy atom. The van der Waals surface area contributed by atoms with Crippen molar-refractivity contribution in [2.45, 2.75) is 52.1 Å². The van der Waals surface area contributed by atoms with Crippen molar-refractivity contribution in [1.82, 2.24) is 34.2 Å². The molecule has 3 amide bonds. The van der Waals surface area contributed by atoms with Gasteiger partial charge >= 0.3 is 12.4 Å². The molecule has 0 bridgehead atoms. The molecule has 5 N–H and O–H groups in total. The summed E-state index contributed by atoms with van der Waals surface area (Å²) in [5, 5.41) is 8.88. The van der Waals surface area contributed by atoms with Gasteiger partial charge in [0, 0.05) is 90.7 Å². The highest BCUT2D eigenvalue weighted by atomic mass is 32.1. The van der Waals surface area contributed by atoms with E-state index in [1.807, 2.05) is 44.8 Å². The predicted octanol–water partition coefficient (Wildman–Crippen LogP) is 10.2. The van der Waals surface area contributed by atoms with Crippen LogP contribution < -0.4 is 21.7 Å². The molecule has 3 aromatic heterocycles. The van der Waals surface area contributed by atoms with Crippen LogP contribution in [-0.2, 0) is 30.2 Å². The van der Waals surface area contributed by atoms with Crippen molar-refractivity contribution in [3.8, 4) is 29.4 Å². The van der Waals surface area contributed by atoms with Gasteiger partial charge in [0.1, 0.15) is 0 Å². The van der Waals surface area contributed by atoms with Crippen molar-refractivity contribution in [2.75, 3.05) is 69.0 Å². The summed E-state index contributed by atoms with van der Waals surface area (Å²) < 4.78 is 84.3. The maximum atomic E-state index is 13.9. The fourth-order valence-corrected chi connectivity index (χ4v) is 9.17. The topological polar surface area (TPSA) is 167 Å². The number of halogens is 6. The molecule has 22 heteroatoms. The Balaban J connectivity index is 0.000000208. The number of alkyl halides is 6. The maximum Gasteiger partial charge on any atom is 0.416 e. The van der Waals surface area contributed by atoms with E-state index in [9.17, 15) is 40.7 Å². The number of nitrogens with zero attached hydrogens (tertiary/aromatic N) is 7. The lowest BCUT2D eigenvalue weighted by Crippen LogP contribution is -2.44. The number of hydrogen-bond donors (Lipinski definition) is 4. The third-order valence-corrected chi connectivity index (χ3v) is 14.0. The number of rotatable bonds is 11. The lowest BCUT2D eigenvalue weighted by atomic mass is 10.0. The molecule has 4 heterocycles. The minimum atomic E-state index is -4.62. The maximum absolute atomic E-state index is 13.9. The number of nitrogens with one attached hydrogen (secondary N) is 3. The van der Waals surface area contributed by atoms with E-state index in [1.54, 1.807) is 55.0 Å². The quantitative estimate of drug-likeness (QED) is 0.0724. The molecule has 0 atom stereocenters. The number of benzene rings is 4. The highest BCUT2D eigenvalue weighted by molar-refractivity contribution is 7.16. The number of amides is 3. The summed E-state index contributed by atoms with van der Waals surface area (Å²) in [6.07, 6.45) is -1.13. The molecule has 2 fully saturated rings. The van der Waals surface area contributed by atoms with Gasteiger partial charge in [0.2, 0.25) is 5.91 Å². The minimum absolute atomic E-state index is 0.00803. The van der Waals surface area contributed by atoms with Gasteiger partial charge in [0.05, 0.1) is 45.3 Å². The smallest absolute Gasteiger partial charge is 0.375 e. The van der Waals surface area contributed by atoms with E-state index in [4.69, 9.17) is 5.73 Å². The number of anilines is 4. The Hall–Kier alpha value is -7.86. The molecule has 1 saturated carbocycles. The second-order valence-corrected chi connectivity index (χ2v) is 21.1. The summed E-state index contributed by atoms with van der Waals surface area (Å²) in [5.74, 6) is 10.9. The van der Waals surface area contributed by atoms with Crippen LogP contribution in [0.2, 0.25) is 0 Å². The summed E-state index contributed by atoms with van der Waals surface area (Å²) in [7, 11) is 5.73.